The second-order valence-corrected chi connectivity index (χ2v) is 9.79. The molecular weight excluding hydrogens is 382 g/mol. The molecule has 31 heavy (non-hydrogen) atoms. The van der Waals surface area contributed by atoms with E-state index in [1.54, 1.807) is 12.1 Å². The molecule has 2 aromatic rings. The molecule has 0 aromatic heterocycles. The molecule has 0 saturated heterocycles. The molecule has 1 unspecified atom stereocenters. The third kappa shape index (κ3) is 3.22. The van der Waals surface area contributed by atoms with E-state index in [2.05, 4.69) is 70.4 Å². The fourth-order valence-electron chi connectivity index (χ4n) is 5.66. The highest BCUT2D eigenvalue weighted by atomic mass is 16.3. The van der Waals surface area contributed by atoms with Gasteiger partial charge < -0.3 is 10.2 Å². The van der Waals surface area contributed by atoms with Crippen molar-refractivity contribution < 1.29 is 14.8 Å². The molecule has 0 fully saturated rings. The van der Waals surface area contributed by atoms with E-state index in [9.17, 15) is 10.2 Å². The Bertz CT molecular complexity index is 1130. The third-order valence-corrected chi connectivity index (χ3v) is 7.31. The van der Waals surface area contributed by atoms with E-state index in [-0.39, 0.29) is 10.8 Å². The Morgan fingerprint density at radius 3 is 2.19 bits per heavy atom. The topological polar surface area (TPSA) is 43.5 Å². The Kier molecular flexibility index (Phi) is 5.12. The van der Waals surface area contributed by atoms with Crippen molar-refractivity contribution in [3.8, 4) is 11.5 Å². The predicted molar refractivity (Wildman–Crippen MR) is 128 cm³/mol. The maximum atomic E-state index is 10.1. The van der Waals surface area contributed by atoms with Gasteiger partial charge in [0.1, 0.15) is 18.0 Å². The van der Waals surface area contributed by atoms with Crippen LogP contribution in [-0.4, -0.2) is 27.0 Å². The van der Waals surface area contributed by atoms with E-state index in [4.69, 9.17) is 0 Å². The van der Waals surface area contributed by atoms with Crippen molar-refractivity contribution in [2.75, 3.05) is 6.54 Å². The van der Waals surface area contributed by atoms with Crippen LogP contribution in [0.15, 0.2) is 60.2 Å². The lowest BCUT2D eigenvalue weighted by Gasteiger charge is -2.24. The molecule has 2 N–H and O–H groups in total. The number of benzene rings is 2. The Hall–Kier alpha value is -2.81. The summed E-state index contributed by atoms with van der Waals surface area (Å²) in [5.41, 5.74) is 7.23. The van der Waals surface area contributed by atoms with Gasteiger partial charge in [0.25, 0.3) is 0 Å². The minimum Gasteiger partial charge on any atom is -0.508 e. The zero-order chi connectivity index (χ0) is 22.6. The summed E-state index contributed by atoms with van der Waals surface area (Å²) in [6.45, 7) is 14.2. The highest BCUT2D eigenvalue weighted by Crippen LogP contribution is 2.52. The fourth-order valence-corrected chi connectivity index (χ4v) is 5.66. The molecule has 2 aromatic carbocycles. The van der Waals surface area contributed by atoms with Crippen molar-refractivity contribution in [2.45, 2.75) is 64.7 Å². The normalized spacial score (nSPS) is 22.4. The van der Waals surface area contributed by atoms with Gasteiger partial charge >= 0.3 is 0 Å². The summed E-state index contributed by atoms with van der Waals surface area (Å²) in [4.78, 5) is 0. The lowest BCUT2D eigenvalue weighted by molar-refractivity contribution is -0.433. The summed E-state index contributed by atoms with van der Waals surface area (Å²) in [5.74, 6) is 1.02. The number of aromatic hydroxyl groups is 2. The van der Waals surface area contributed by atoms with Gasteiger partial charge in [0, 0.05) is 29.0 Å². The highest BCUT2D eigenvalue weighted by molar-refractivity contribution is 6.03. The molecule has 0 amide bonds. The molecular formula is C28H34NO2+. The summed E-state index contributed by atoms with van der Waals surface area (Å²) in [6, 6.07) is 11.5. The van der Waals surface area contributed by atoms with Crippen molar-refractivity contribution >= 4 is 11.4 Å². The zero-order valence-electron chi connectivity index (χ0n) is 19.5. The Morgan fingerprint density at radius 1 is 0.903 bits per heavy atom. The van der Waals surface area contributed by atoms with Crippen LogP contribution in [0.5, 0.6) is 11.5 Å². The SMILES string of the molecule is CCC1/C(=C/C=C/C2=[N+](CC)c3ccc(O)cc3C2(C)C)C(C)(C)c2cc(O)ccc21. The van der Waals surface area contributed by atoms with Gasteiger partial charge in [-0.05, 0) is 62.6 Å². The Balaban J connectivity index is 1.75. The molecule has 1 aliphatic heterocycles. The van der Waals surface area contributed by atoms with Gasteiger partial charge in [0.05, 0.1) is 5.41 Å². The summed E-state index contributed by atoms with van der Waals surface area (Å²) >= 11 is 0. The fraction of sp³-hybridized carbons (Fsp3) is 0.393. The van der Waals surface area contributed by atoms with Crippen LogP contribution in [0.1, 0.15) is 70.6 Å². The van der Waals surface area contributed by atoms with Crippen molar-refractivity contribution in [1.29, 1.82) is 0 Å². The van der Waals surface area contributed by atoms with E-state index in [0.29, 0.717) is 17.4 Å². The van der Waals surface area contributed by atoms with Crippen LogP contribution in [-0.2, 0) is 10.8 Å². The second kappa shape index (κ2) is 7.40. The molecule has 4 rings (SSSR count). The molecule has 0 bridgehead atoms. The lowest BCUT2D eigenvalue weighted by Crippen LogP contribution is -2.27. The number of phenols is 2. The van der Waals surface area contributed by atoms with Gasteiger partial charge in [-0.2, -0.15) is 4.58 Å². The number of hydrogen-bond acceptors (Lipinski definition) is 2. The molecule has 3 heteroatoms. The number of rotatable bonds is 4. The van der Waals surface area contributed by atoms with E-state index in [1.165, 1.54) is 28.1 Å². The number of phenolic OH excluding ortho intramolecular Hbond substituents is 2. The first-order valence-corrected chi connectivity index (χ1v) is 11.3. The minimum atomic E-state index is -0.177. The van der Waals surface area contributed by atoms with Crippen LogP contribution in [0.25, 0.3) is 0 Å². The van der Waals surface area contributed by atoms with Crippen LogP contribution in [0, 0.1) is 0 Å². The van der Waals surface area contributed by atoms with Gasteiger partial charge in [-0.1, -0.05) is 44.6 Å². The highest BCUT2D eigenvalue weighted by Gasteiger charge is 2.44. The van der Waals surface area contributed by atoms with Gasteiger partial charge in [-0.15, -0.1) is 0 Å². The van der Waals surface area contributed by atoms with Crippen molar-refractivity contribution in [2.24, 2.45) is 0 Å². The van der Waals surface area contributed by atoms with E-state index < -0.39 is 0 Å². The minimum absolute atomic E-state index is 0.117. The van der Waals surface area contributed by atoms with E-state index >= 15 is 0 Å². The van der Waals surface area contributed by atoms with E-state index in [0.717, 1.165) is 18.5 Å². The number of hydrogen-bond donors (Lipinski definition) is 2. The first-order valence-electron chi connectivity index (χ1n) is 11.3. The monoisotopic (exact) mass is 416 g/mol. The molecule has 3 nitrogen and oxygen atoms in total. The molecule has 0 radical (unpaired) electrons. The van der Waals surface area contributed by atoms with E-state index in [1.807, 2.05) is 18.2 Å². The van der Waals surface area contributed by atoms with Crippen molar-refractivity contribution in [3.05, 3.63) is 76.9 Å². The van der Waals surface area contributed by atoms with Crippen molar-refractivity contribution in [3.63, 3.8) is 0 Å². The van der Waals surface area contributed by atoms with Crippen LogP contribution in [0.3, 0.4) is 0 Å². The molecule has 2 aliphatic rings. The lowest BCUT2D eigenvalue weighted by atomic mass is 9.79. The summed E-state index contributed by atoms with van der Waals surface area (Å²) in [5, 5.41) is 20.1. The molecule has 0 spiro atoms. The first-order chi connectivity index (χ1) is 14.6. The first kappa shape index (κ1) is 21.4. The second-order valence-electron chi connectivity index (χ2n) is 9.79. The molecule has 1 heterocycles. The smallest absolute Gasteiger partial charge is 0.210 e. The van der Waals surface area contributed by atoms with Gasteiger partial charge in [-0.25, -0.2) is 0 Å². The maximum absolute atomic E-state index is 10.1. The molecule has 162 valence electrons. The average Bonchev–Trinajstić information content (AvgIpc) is 3.06. The molecule has 1 atom stereocenters. The van der Waals surface area contributed by atoms with Crippen LogP contribution in [0.2, 0.25) is 0 Å². The summed E-state index contributed by atoms with van der Waals surface area (Å²) < 4.78 is 2.34. The Labute approximate surface area is 186 Å². The Morgan fingerprint density at radius 2 is 1.55 bits per heavy atom. The average molecular weight is 417 g/mol. The zero-order valence-corrected chi connectivity index (χ0v) is 19.5. The van der Waals surface area contributed by atoms with Gasteiger partial charge in [-0.3, -0.25) is 0 Å². The van der Waals surface area contributed by atoms with Crippen LogP contribution >= 0.6 is 0 Å². The summed E-state index contributed by atoms with van der Waals surface area (Å²) in [6.07, 6.45) is 7.74. The van der Waals surface area contributed by atoms with Crippen LogP contribution in [0.4, 0.5) is 5.69 Å². The summed E-state index contributed by atoms with van der Waals surface area (Å²) in [7, 11) is 0. The number of allylic oxidation sites excluding steroid dienone is 4. The molecule has 1 aliphatic carbocycles. The van der Waals surface area contributed by atoms with Gasteiger partial charge in [0.15, 0.2) is 5.71 Å². The largest absolute Gasteiger partial charge is 0.508 e. The maximum Gasteiger partial charge on any atom is 0.210 e. The van der Waals surface area contributed by atoms with Crippen LogP contribution < -0.4 is 0 Å². The standard InChI is InChI=1S/C28H33NO2/c1-7-20-21-14-12-18(30)16-23(21)27(3,4)22(20)10-9-11-26-28(5,6)24-17-19(31)13-15-25(24)29(26)8-2/h9-17,20H,7-8H2,1-6H3,(H-,30,31)/p+1/b11-9+,22-10-. The predicted octanol–water partition coefficient (Wildman–Crippen LogP) is 6.46. The number of fused-ring (bicyclic) bond motifs is 2. The van der Waals surface area contributed by atoms with Gasteiger partial charge in [0.2, 0.25) is 5.69 Å². The number of nitrogens with zero attached hydrogens (tertiary/aromatic N) is 1. The molecule has 0 saturated carbocycles. The van der Waals surface area contributed by atoms with Crippen molar-refractivity contribution in [1.82, 2.24) is 0 Å². The quantitative estimate of drug-likeness (QED) is 0.562. The third-order valence-electron chi connectivity index (χ3n) is 7.31.